The summed E-state index contributed by atoms with van der Waals surface area (Å²) in [5.41, 5.74) is 1.03. The lowest BCUT2D eigenvalue weighted by Gasteiger charge is -2.28. The van der Waals surface area contributed by atoms with E-state index < -0.39 is 0 Å². The van der Waals surface area contributed by atoms with Gasteiger partial charge in [-0.05, 0) is 20.8 Å². The van der Waals surface area contributed by atoms with Gasteiger partial charge in [-0.25, -0.2) is 15.0 Å². The van der Waals surface area contributed by atoms with Crippen LogP contribution in [0.1, 0.15) is 17.1 Å². The van der Waals surface area contributed by atoms with Gasteiger partial charge in [0.05, 0.1) is 19.5 Å². The monoisotopic (exact) mass is 401 g/mol. The van der Waals surface area contributed by atoms with Crippen molar-refractivity contribution < 1.29 is 9.53 Å². The summed E-state index contributed by atoms with van der Waals surface area (Å²) < 4.78 is 6.69. The number of anilines is 2. The summed E-state index contributed by atoms with van der Waals surface area (Å²) >= 11 is 0. The highest BCUT2D eigenvalue weighted by atomic mass is 16.5. The number of rotatable bonds is 7. The van der Waals surface area contributed by atoms with Gasteiger partial charge in [0.15, 0.2) is 0 Å². The summed E-state index contributed by atoms with van der Waals surface area (Å²) in [6.45, 7) is 9.18. The smallest absolute Gasteiger partial charge is 0.256 e. The average molecular weight is 401 g/mol. The van der Waals surface area contributed by atoms with Crippen molar-refractivity contribution >= 4 is 17.5 Å². The third-order valence-corrected chi connectivity index (χ3v) is 4.74. The predicted octanol–water partition coefficient (Wildman–Crippen LogP) is 0.0235. The Morgan fingerprint density at radius 3 is 2.69 bits per heavy atom. The fourth-order valence-corrected chi connectivity index (χ4v) is 2.99. The van der Waals surface area contributed by atoms with E-state index in [2.05, 4.69) is 30.5 Å². The van der Waals surface area contributed by atoms with Crippen LogP contribution in [0.5, 0.6) is 0 Å². The van der Waals surface area contributed by atoms with Crippen LogP contribution in [0, 0.1) is 20.8 Å². The molecule has 0 radical (unpaired) electrons. The van der Waals surface area contributed by atoms with Crippen molar-refractivity contribution in [2.45, 2.75) is 27.3 Å². The lowest BCUT2D eigenvalue weighted by Crippen LogP contribution is -2.37. The highest BCUT2D eigenvalue weighted by Crippen LogP contribution is 2.16. The van der Waals surface area contributed by atoms with Crippen LogP contribution in [0.3, 0.4) is 0 Å². The third kappa shape index (κ3) is 5.50. The maximum absolute atomic E-state index is 12.1. The van der Waals surface area contributed by atoms with Gasteiger partial charge in [-0.1, -0.05) is 0 Å². The van der Waals surface area contributed by atoms with Gasteiger partial charge in [-0.2, -0.15) is 0 Å². The van der Waals surface area contributed by atoms with E-state index in [1.54, 1.807) is 13.8 Å². The molecule has 156 valence electrons. The van der Waals surface area contributed by atoms with Crippen molar-refractivity contribution in [2.24, 2.45) is 0 Å². The second-order valence-corrected chi connectivity index (χ2v) is 6.92. The zero-order valence-corrected chi connectivity index (χ0v) is 17.1. The number of carbonyl (C=O) groups excluding carboxylic acids is 1. The maximum Gasteiger partial charge on any atom is 0.256 e. The first-order valence-corrected chi connectivity index (χ1v) is 9.65. The molecule has 1 aliphatic heterocycles. The van der Waals surface area contributed by atoms with E-state index in [4.69, 9.17) is 4.74 Å². The number of carbonyl (C=O) groups is 1. The van der Waals surface area contributed by atoms with E-state index in [0.29, 0.717) is 49.2 Å². The minimum atomic E-state index is -0.244. The van der Waals surface area contributed by atoms with Crippen LogP contribution >= 0.6 is 0 Å². The molecule has 2 aromatic heterocycles. The molecule has 2 aromatic rings. The number of hydrogen-bond donors (Lipinski definition) is 2. The molecule has 0 aliphatic carbocycles. The summed E-state index contributed by atoms with van der Waals surface area (Å²) in [6.07, 6.45) is 1.40. The van der Waals surface area contributed by atoms with Crippen LogP contribution < -0.4 is 21.1 Å². The molecule has 0 aromatic carbocycles. The fraction of sp³-hybridized carbons (Fsp3) is 0.526. The molecular weight excluding hydrogens is 374 g/mol. The van der Waals surface area contributed by atoms with E-state index in [1.165, 1.54) is 10.9 Å². The molecule has 0 spiro atoms. The lowest BCUT2D eigenvalue weighted by molar-refractivity contribution is -0.121. The van der Waals surface area contributed by atoms with Gasteiger partial charge < -0.3 is 20.3 Å². The molecule has 1 fully saturated rings. The van der Waals surface area contributed by atoms with Crippen molar-refractivity contribution in [2.75, 3.05) is 49.6 Å². The molecule has 0 bridgehead atoms. The Morgan fingerprint density at radius 1 is 1.17 bits per heavy atom. The number of nitrogens with one attached hydrogen (secondary N) is 2. The number of amides is 1. The quantitative estimate of drug-likeness (QED) is 0.625. The molecular formula is C19H27N7O3. The first-order chi connectivity index (χ1) is 13.9. The Morgan fingerprint density at radius 2 is 1.93 bits per heavy atom. The minimum Gasteiger partial charge on any atom is -0.378 e. The molecule has 10 heteroatoms. The summed E-state index contributed by atoms with van der Waals surface area (Å²) in [4.78, 5) is 39.4. The van der Waals surface area contributed by atoms with Crippen LogP contribution in [0.25, 0.3) is 0 Å². The van der Waals surface area contributed by atoms with E-state index >= 15 is 0 Å². The first-order valence-electron chi connectivity index (χ1n) is 9.65. The van der Waals surface area contributed by atoms with Crippen LogP contribution in [-0.2, 0) is 16.1 Å². The summed E-state index contributed by atoms with van der Waals surface area (Å²) in [5, 5.41) is 6.00. The first kappa shape index (κ1) is 20.7. The van der Waals surface area contributed by atoms with Crippen LogP contribution in [0.4, 0.5) is 11.6 Å². The van der Waals surface area contributed by atoms with Crippen molar-refractivity contribution in [1.82, 2.24) is 24.8 Å². The largest absolute Gasteiger partial charge is 0.378 e. The van der Waals surface area contributed by atoms with Crippen molar-refractivity contribution in [3.63, 3.8) is 0 Å². The second kappa shape index (κ2) is 9.46. The molecule has 1 saturated heterocycles. The lowest BCUT2D eigenvalue weighted by atomic mass is 10.3. The highest BCUT2D eigenvalue weighted by molar-refractivity contribution is 5.75. The number of nitrogens with zero attached hydrogens (tertiary/aromatic N) is 5. The SMILES string of the molecule is Cc1nc(NCCNC(=O)Cn2cnc(C)c(C)c2=O)cc(N2CCOCC2)n1. The van der Waals surface area contributed by atoms with Gasteiger partial charge in [-0.3, -0.25) is 14.2 Å². The van der Waals surface area contributed by atoms with E-state index in [1.807, 2.05) is 13.0 Å². The molecule has 0 atom stereocenters. The highest BCUT2D eigenvalue weighted by Gasteiger charge is 2.14. The van der Waals surface area contributed by atoms with Gasteiger partial charge in [-0.15, -0.1) is 0 Å². The Labute approximate surface area is 169 Å². The number of aryl methyl sites for hydroxylation is 2. The van der Waals surface area contributed by atoms with E-state index in [0.717, 1.165) is 18.9 Å². The predicted molar refractivity (Wildman–Crippen MR) is 109 cm³/mol. The molecule has 1 aliphatic rings. The number of ether oxygens (including phenoxy) is 1. The van der Waals surface area contributed by atoms with Gasteiger partial charge in [0, 0.05) is 43.5 Å². The molecule has 2 N–H and O–H groups in total. The average Bonchev–Trinajstić information content (AvgIpc) is 2.72. The fourth-order valence-electron chi connectivity index (χ4n) is 2.99. The van der Waals surface area contributed by atoms with Crippen molar-refractivity contribution in [3.05, 3.63) is 39.8 Å². The Bertz CT molecular complexity index is 923. The van der Waals surface area contributed by atoms with Crippen molar-refractivity contribution in [3.8, 4) is 0 Å². The molecule has 10 nitrogen and oxygen atoms in total. The number of aromatic nitrogens is 4. The zero-order chi connectivity index (χ0) is 20.8. The minimum absolute atomic E-state index is 0.0548. The third-order valence-electron chi connectivity index (χ3n) is 4.74. The zero-order valence-electron chi connectivity index (χ0n) is 17.1. The summed E-state index contributed by atoms with van der Waals surface area (Å²) in [6, 6.07) is 1.90. The van der Waals surface area contributed by atoms with Gasteiger partial charge >= 0.3 is 0 Å². The van der Waals surface area contributed by atoms with E-state index in [-0.39, 0.29) is 18.0 Å². The topological polar surface area (TPSA) is 114 Å². The van der Waals surface area contributed by atoms with Gasteiger partial charge in [0.25, 0.3) is 5.56 Å². The Hall–Kier alpha value is -3.01. The normalized spacial score (nSPS) is 14.0. The Kier molecular flexibility index (Phi) is 6.76. The standard InChI is InChI=1S/C19H27N7O3/c1-13-14(2)22-12-26(19(13)28)11-18(27)21-5-4-20-16-10-17(24-15(3)23-16)25-6-8-29-9-7-25/h10,12H,4-9,11H2,1-3H3,(H,21,27)(H,20,23,24). The second-order valence-electron chi connectivity index (χ2n) is 6.92. The van der Waals surface area contributed by atoms with E-state index in [9.17, 15) is 9.59 Å². The number of morpholine rings is 1. The number of hydrogen-bond acceptors (Lipinski definition) is 8. The maximum atomic E-state index is 12.1. The van der Waals surface area contributed by atoms with Gasteiger partial charge in [0.1, 0.15) is 24.0 Å². The van der Waals surface area contributed by atoms with Crippen molar-refractivity contribution in [1.29, 1.82) is 0 Å². The molecule has 0 unspecified atom stereocenters. The molecule has 0 saturated carbocycles. The molecule has 3 rings (SSSR count). The van der Waals surface area contributed by atoms with Crippen LogP contribution in [-0.4, -0.2) is 64.8 Å². The Balaban J connectivity index is 1.49. The van der Waals surface area contributed by atoms with Gasteiger partial charge in [0.2, 0.25) is 5.91 Å². The summed E-state index contributed by atoms with van der Waals surface area (Å²) in [7, 11) is 0. The molecule has 3 heterocycles. The molecule has 29 heavy (non-hydrogen) atoms. The summed E-state index contributed by atoms with van der Waals surface area (Å²) in [5.74, 6) is 2.02. The van der Waals surface area contributed by atoms with Crippen LogP contribution in [0.15, 0.2) is 17.2 Å². The molecule has 1 amide bonds. The van der Waals surface area contributed by atoms with Crippen LogP contribution in [0.2, 0.25) is 0 Å².